The van der Waals surface area contributed by atoms with Crippen LogP contribution in [0, 0.1) is 11.8 Å². The quantitative estimate of drug-likeness (QED) is 0.505. The third-order valence-corrected chi connectivity index (χ3v) is 2.27. The van der Waals surface area contributed by atoms with E-state index in [0.717, 1.165) is 0 Å². The second kappa shape index (κ2) is 7.07. The summed E-state index contributed by atoms with van der Waals surface area (Å²) in [6, 6.07) is 4.87. The van der Waals surface area contributed by atoms with Crippen molar-refractivity contribution in [3.8, 4) is 11.8 Å². The molecule has 5 heteroatoms. The normalized spacial score (nSPS) is 9.16. The first kappa shape index (κ1) is 14.6. The van der Waals surface area contributed by atoms with Crippen molar-refractivity contribution in [1.29, 1.82) is 0 Å². The maximum absolute atomic E-state index is 11.4. The van der Waals surface area contributed by atoms with Gasteiger partial charge in [-0.15, -0.1) is 0 Å². The molecule has 1 rings (SSSR count). The number of carbonyl (C=O) groups excluding carboxylic acids is 2. The third kappa shape index (κ3) is 4.03. The summed E-state index contributed by atoms with van der Waals surface area (Å²) >= 11 is 0. The summed E-state index contributed by atoms with van der Waals surface area (Å²) in [5, 5.41) is 0. The van der Waals surface area contributed by atoms with Gasteiger partial charge in [-0.2, -0.15) is 0 Å². The van der Waals surface area contributed by atoms with Crippen molar-refractivity contribution in [3.63, 3.8) is 0 Å². The van der Waals surface area contributed by atoms with Crippen LogP contribution in [0.5, 0.6) is 0 Å². The Morgan fingerprint density at radius 2 is 2.11 bits per heavy atom. The van der Waals surface area contributed by atoms with E-state index in [9.17, 15) is 9.59 Å². The number of carbonyl (C=O) groups is 2. The number of rotatable bonds is 3. The summed E-state index contributed by atoms with van der Waals surface area (Å²) in [5.41, 5.74) is 6.79. The van der Waals surface area contributed by atoms with Crippen molar-refractivity contribution >= 4 is 17.6 Å². The number of benzene rings is 1. The number of nitrogens with two attached hydrogens (primary N) is 1. The average Bonchev–Trinajstić information content (AvgIpc) is 2.40. The lowest BCUT2D eigenvalue weighted by Crippen LogP contribution is -2.06. The van der Waals surface area contributed by atoms with Gasteiger partial charge in [0.2, 0.25) is 0 Å². The lowest BCUT2D eigenvalue weighted by atomic mass is 10.1. The molecule has 0 aliphatic rings. The summed E-state index contributed by atoms with van der Waals surface area (Å²) < 4.78 is 9.35. The molecule has 0 aliphatic carbocycles. The van der Waals surface area contributed by atoms with Crippen LogP contribution in [0.2, 0.25) is 0 Å². The van der Waals surface area contributed by atoms with E-state index in [1.54, 1.807) is 25.1 Å². The summed E-state index contributed by atoms with van der Waals surface area (Å²) in [4.78, 5) is 22.5. The largest absolute Gasteiger partial charge is 0.465 e. The number of hydrogen-bond acceptors (Lipinski definition) is 5. The fourth-order valence-electron chi connectivity index (χ4n) is 1.39. The van der Waals surface area contributed by atoms with Crippen molar-refractivity contribution in [2.75, 3.05) is 19.5 Å². The van der Waals surface area contributed by atoms with Gasteiger partial charge < -0.3 is 15.2 Å². The first-order valence-electron chi connectivity index (χ1n) is 5.71. The molecule has 1 aromatic carbocycles. The summed E-state index contributed by atoms with van der Waals surface area (Å²) in [6.07, 6.45) is -0.0181. The highest BCUT2D eigenvalue weighted by Gasteiger charge is 2.11. The summed E-state index contributed by atoms with van der Waals surface area (Å²) in [7, 11) is 1.28. The van der Waals surface area contributed by atoms with Crippen LogP contribution in [0.1, 0.15) is 29.3 Å². The van der Waals surface area contributed by atoms with E-state index in [-0.39, 0.29) is 17.7 Å². The Morgan fingerprint density at radius 3 is 2.74 bits per heavy atom. The number of esters is 2. The van der Waals surface area contributed by atoms with E-state index >= 15 is 0 Å². The van der Waals surface area contributed by atoms with Crippen LogP contribution >= 0.6 is 0 Å². The monoisotopic (exact) mass is 261 g/mol. The molecule has 0 unspecified atom stereocenters. The topological polar surface area (TPSA) is 78.6 Å². The molecule has 0 aromatic heterocycles. The van der Waals surface area contributed by atoms with Gasteiger partial charge in [0, 0.05) is 5.56 Å². The highest BCUT2D eigenvalue weighted by atomic mass is 16.5. The van der Waals surface area contributed by atoms with Gasteiger partial charge in [-0.05, 0) is 19.1 Å². The zero-order chi connectivity index (χ0) is 14.3. The first-order valence-corrected chi connectivity index (χ1v) is 5.71. The molecule has 100 valence electrons. The molecule has 5 nitrogen and oxygen atoms in total. The molecule has 1 aromatic rings. The van der Waals surface area contributed by atoms with Crippen LogP contribution in [-0.4, -0.2) is 25.7 Å². The predicted octanol–water partition coefficient (Wildman–Crippen LogP) is 1.36. The highest BCUT2D eigenvalue weighted by Crippen LogP contribution is 2.17. The number of ether oxygens (including phenoxy) is 2. The first-order chi connectivity index (χ1) is 9.10. The Hall–Kier alpha value is -2.48. The predicted molar refractivity (Wildman–Crippen MR) is 70.3 cm³/mol. The SMILES string of the molecule is CCOC(=O)CC#Cc1cccc(C(=O)OC)c1N. The standard InChI is InChI=1S/C14H15NO4/c1-3-19-12(16)9-5-7-10-6-4-8-11(13(10)15)14(17)18-2/h4,6,8H,3,9,15H2,1-2H3. The number of anilines is 1. The fourth-order valence-corrected chi connectivity index (χ4v) is 1.39. The molecule has 0 amide bonds. The Labute approximate surface area is 111 Å². The van der Waals surface area contributed by atoms with Crippen LogP contribution in [0.15, 0.2) is 18.2 Å². The molecule has 2 N–H and O–H groups in total. The molecule has 0 spiro atoms. The van der Waals surface area contributed by atoms with Crippen LogP contribution in [0.25, 0.3) is 0 Å². The minimum Gasteiger partial charge on any atom is -0.465 e. The molecular weight excluding hydrogens is 246 g/mol. The van der Waals surface area contributed by atoms with Gasteiger partial charge >= 0.3 is 11.9 Å². The minimum absolute atomic E-state index is 0.0181. The zero-order valence-corrected chi connectivity index (χ0v) is 10.9. The second-order valence-corrected chi connectivity index (χ2v) is 3.54. The molecule has 0 atom stereocenters. The van der Waals surface area contributed by atoms with E-state index in [0.29, 0.717) is 12.2 Å². The van der Waals surface area contributed by atoms with E-state index in [1.165, 1.54) is 7.11 Å². The third-order valence-electron chi connectivity index (χ3n) is 2.27. The maximum atomic E-state index is 11.4. The fraction of sp³-hybridized carbons (Fsp3) is 0.286. The second-order valence-electron chi connectivity index (χ2n) is 3.54. The van der Waals surface area contributed by atoms with Crippen LogP contribution < -0.4 is 5.73 Å². The van der Waals surface area contributed by atoms with E-state index < -0.39 is 11.9 Å². The highest BCUT2D eigenvalue weighted by molar-refractivity contribution is 5.96. The van der Waals surface area contributed by atoms with Gasteiger partial charge in [0.1, 0.15) is 6.42 Å². The zero-order valence-electron chi connectivity index (χ0n) is 10.9. The van der Waals surface area contributed by atoms with E-state index in [4.69, 9.17) is 10.5 Å². The number of para-hydroxylation sites is 1. The van der Waals surface area contributed by atoms with Gasteiger partial charge in [0.05, 0.1) is 25.0 Å². The molecule has 0 fully saturated rings. The Balaban J connectivity index is 2.88. The smallest absolute Gasteiger partial charge is 0.339 e. The lowest BCUT2D eigenvalue weighted by molar-refractivity contribution is -0.141. The molecular formula is C14H15NO4. The number of nitrogen functional groups attached to an aromatic ring is 1. The van der Waals surface area contributed by atoms with Crippen LogP contribution in [0.3, 0.4) is 0 Å². The van der Waals surface area contributed by atoms with Crippen molar-refractivity contribution < 1.29 is 19.1 Å². The number of methoxy groups -OCH3 is 1. The van der Waals surface area contributed by atoms with Crippen LogP contribution in [-0.2, 0) is 14.3 Å². The molecule has 0 heterocycles. The number of hydrogen-bond donors (Lipinski definition) is 1. The summed E-state index contributed by atoms with van der Waals surface area (Å²) in [6.45, 7) is 2.05. The molecule has 19 heavy (non-hydrogen) atoms. The molecule has 0 aliphatic heterocycles. The Kier molecular flexibility index (Phi) is 5.42. The molecule has 0 saturated heterocycles. The molecule has 0 saturated carbocycles. The van der Waals surface area contributed by atoms with Gasteiger partial charge in [0.15, 0.2) is 0 Å². The van der Waals surface area contributed by atoms with Crippen molar-refractivity contribution in [2.45, 2.75) is 13.3 Å². The van der Waals surface area contributed by atoms with E-state index in [2.05, 4.69) is 16.6 Å². The maximum Gasteiger partial charge on any atom is 0.339 e. The van der Waals surface area contributed by atoms with Crippen molar-refractivity contribution in [1.82, 2.24) is 0 Å². The van der Waals surface area contributed by atoms with Gasteiger partial charge in [-0.1, -0.05) is 17.9 Å². The average molecular weight is 261 g/mol. The van der Waals surface area contributed by atoms with Gasteiger partial charge in [-0.3, -0.25) is 4.79 Å². The summed E-state index contributed by atoms with van der Waals surface area (Å²) in [5.74, 6) is 4.48. The van der Waals surface area contributed by atoms with Crippen LogP contribution in [0.4, 0.5) is 5.69 Å². The van der Waals surface area contributed by atoms with E-state index in [1.807, 2.05) is 0 Å². The Bertz CT molecular complexity index is 540. The van der Waals surface area contributed by atoms with Gasteiger partial charge in [0.25, 0.3) is 0 Å². The van der Waals surface area contributed by atoms with Gasteiger partial charge in [-0.25, -0.2) is 4.79 Å². The molecule has 0 radical (unpaired) electrons. The molecule has 0 bridgehead atoms. The van der Waals surface area contributed by atoms with Crippen molar-refractivity contribution in [3.05, 3.63) is 29.3 Å². The Morgan fingerprint density at radius 1 is 1.37 bits per heavy atom. The lowest BCUT2D eigenvalue weighted by Gasteiger charge is -2.04. The van der Waals surface area contributed by atoms with Crippen molar-refractivity contribution in [2.24, 2.45) is 0 Å². The minimum atomic E-state index is -0.522.